The minimum atomic E-state index is -0.314. The zero-order valence-corrected chi connectivity index (χ0v) is 11.4. The van der Waals surface area contributed by atoms with Crippen LogP contribution in [-0.4, -0.2) is 6.54 Å². The molecule has 0 heterocycles. The van der Waals surface area contributed by atoms with Gasteiger partial charge in [0, 0.05) is 28.9 Å². The van der Waals surface area contributed by atoms with Crippen LogP contribution in [0, 0.1) is 5.82 Å². The van der Waals surface area contributed by atoms with Gasteiger partial charge < -0.3 is 10.1 Å². The molecule has 2 aromatic rings. The second-order valence-electron chi connectivity index (χ2n) is 4.08. The van der Waals surface area contributed by atoms with Gasteiger partial charge in [-0.1, -0.05) is 23.7 Å². The zero-order chi connectivity index (χ0) is 13.7. The minimum absolute atomic E-state index is 0.314. The fourth-order valence-corrected chi connectivity index (χ4v) is 1.93. The van der Waals surface area contributed by atoms with Crippen LogP contribution in [0.1, 0.15) is 12.5 Å². The molecule has 0 amide bonds. The SMILES string of the molecule is CCNc1ccc(COc2cccc(F)c2)c(Cl)c1. The molecule has 1 N–H and O–H groups in total. The molecule has 0 radical (unpaired) electrons. The molecule has 19 heavy (non-hydrogen) atoms. The van der Waals surface area contributed by atoms with Crippen molar-refractivity contribution in [2.24, 2.45) is 0 Å². The van der Waals surface area contributed by atoms with Crippen LogP contribution in [0.25, 0.3) is 0 Å². The summed E-state index contributed by atoms with van der Waals surface area (Å²) in [4.78, 5) is 0. The Morgan fingerprint density at radius 3 is 2.74 bits per heavy atom. The van der Waals surface area contributed by atoms with E-state index in [1.807, 2.05) is 25.1 Å². The summed E-state index contributed by atoms with van der Waals surface area (Å²) in [5, 5.41) is 3.82. The van der Waals surface area contributed by atoms with Crippen LogP contribution in [0.5, 0.6) is 5.75 Å². The van der Waals surface area contributed by atoms with Gasteiger partial charge in [-0.05, 0) is 31.2 Å². The highest BCUT2D eigenvalue weighted by molar-refractivity contribution is 6.31. The summed E-state index contributed by atoms with van der Waals surface area (Å²) in [6, 6.07) is 11.8. The van der Waals surface area contributed by atoms with E-state index in [4.69, 9.17) is 16.3 Å². The van der Waals surface area contributed by atoms with Crippen LogP contribution in [-0.2, 0) is 6.61 Å². The largest absolute Gasteiger partial charge is 0.489 e. The molecule has 2 aromatic carbocycles. The molecule has 4 heteroatoms. The Morgan fingerprint density at radius 2 is 2.05 bits per heavy atom. The number of benzene rings is 2. The number of hydrogen-bond acceptors (Lipinski definition) is 2. The molecule has 0 aliphatic carbocycles. The maximum Gasteiger partial charge on any atom is 0.126 e. The Bertz CT molecular complexity index is 560. The number of rotatable bonds is 5. The first-order valence-corrected chi connectivity index (χ1v) is 6.47. The Hall–Kier alpha value is -1.74. The molecule has 0 aromatic heterocycles. The Labute approximate surface area is 117 Å². The van der Waals surface area contributed by atoms with E-state index in [9.17, 15) is 4.39 Å². The summed E-state index contributed by atoms with van der Waals surface area (Å²) in [5.41, 5.74) is 1.84. The lowest BCUT2D eigenvalue weighted by Crippen LogP contribution is -1.99. The molecule has 2 nitrogen and oxygen atoms in total. The van der Waals surface area contributed by atoms with E-state index in [-0.39, 0.29) is 5.82 Å². The van der Waals surface area contributed by atoms with Crippen molar-refractivity contribution in [2.75, 3.05) is 11.9 Å². The summed E-state index contributed by atoms with van der Waals surface area (Å²) in [6.07, 6.45) is 0. The first-order chi connectivity index (χ1) is 9.19. The molecule has 0 aliphatic heterocycles. The molecular weight excluding hydrogens is 265 g/mol. The Balaban J connectivity index is 2.03. The highest BCUT2D eigenvalue weighted by Gasteiger charge is 2.03. The van der Waals surface area contributed by atoms with Gasteiger partial charge >= 0.3 is 0 Å². The van der Waals surface area contributed by atoms with Crippen LogP contribution in [0.2, 0.25) is 5.02 Å². The zero-order valence-electron chi connectivity index (χ0n) is 10.6. The van der Waals surface area contributed by atoms with Gasteiger partial charge in [0.1, 0.15) is 18.2 Å². The Kier molecular flexibility index (Phi) is 4.63. The van der Waals surface area contributed by atoms with Gasteiger partial charge in [-0.15, -0.1) is 0 Å². The van der Waals surface area contributed by atoms with Crippen molar-refractivity contribution in [2.45, 2.75) is 13.5 Å². The third-order valence-electron chi connectivity index (χ3n) is 2.62. The van der Waals surface area contributed by atoms with E-state index >= 15 is 0 Å². The van der Waals surface area contributed by atoms with Crippen LogP contribution < -0.4 is 10.1 Å². The fourth-order valence-electron chi connectivity index (χ4n) is 1.70. The summed E-state index contributed by atoms with van der Waals surface area (Å²) in [5.74, 6) is 0.179. The van der Waals surface area contributed by atoms with E-state index in [1.54, 1.807) is 12.1 Å². The van der Waals surface area contributed by atoms with Gasteiger partial charge in [0.15, 0.2) is 0 Å². The monoisotopic (exact) mass is 279 g/mol. The quantitative estimate of drug-likeness (QED) is 0.871. The maximum absolute atomic E-state index is 13.0. The average molecular weight is 280 g/mol. The molecule has 100 valence electrons. The molecule has 2 rings (SSSR count). The van der Waals surface area contributed by atoms with Gasteiger partial charge in [-0.3, -0.25) is 0 Å². The molecular formula is C15H15ClFNO. The van der Waals surface area contributed by atoms with Crippen molar-refractivity contribution >= 4 is 17.3 Å². The molecule has 0 bridgehead atoms. The second kappa shape index (κ2) is 6.43. The maximum atomic E-state index is 13.0. The second-order valence-corrected chi connectivity index (χ2v) is 4.49. The van der Waals surface area contributed by atoms with Gasteiger partial charge in [0.05, 0.1) is 0 Å². The van der Waals surface area contributed by atoms with E-state index in [2.05, 4.69) is 5.32 Å². The number of hydrogen-bond donors (Lipinski definition) is 1. The molecule has 0 spiro atoms. The van der Waals surface area contributed by atoms with E-state index in [0.717, 1.165) is 17.8 Å². The van der Waals surface area contributed by atoms with Gasteiger partial charge in [0.2, 0.25) is 0 Å². The van der Waals surface area contributed by atoms with Crippen molar-refractivity contribution in [3.05, 3.63) is 58.9 Å². The number of nitrogens with one attached hydrogen (secondary N) is 1. The molecule has 0 unspecified atom stereocenters. The first-order valence-electron chi connectivity index (χ1n) is 6.09. The van der Waals surface area contributed by atoms with Crippen LogP contribution >= 0.6 is 11.6 Å². The van der Waals surface area contributed by atoms with Crippen LogP contribution in [0.4, 0.5) is 10.1 Å². The van der Waals surface area contributed by atoms with E-state index in [0.29, 0.717) is 17.4 Å². The van der Waals surface area contributed by atoms with Crippen molar-refractivity contribution in [3.63, 3.8) is 0 Å². The number of halogens is 2. The Morgan fingerprint density at radius 1 is 1.21 bits per heavy atom. The van der Waals surface area contributed by atoms with Gasteiger partial charge in [0.25, 0.3) is 0 Å². The summed E-state index contributed by atoms with van der Waals surface area (Å²) in [6.45, 7) is 3.18. The van der Waals surface area contributed by atoms with E-state index < -0.39 is 0 Å². The molecule has 0 fully saturated rings. The minimum Gasteiger partial charge on any atom is -0.489 e. The molecule has 0 saturated carbocycles. The standard InChI is InChI=1S/C15H15ClFNO/c1-2-18-13-7-6-11(15(16)9-13)10-19-14-5-3-4-12(17)8-14/h3-9,18H,2,10H2,1H3. The summed E-state index contributed by atoms with van der Waals surface area (Å²) >= 11 is 6.17. The highest BCUT2D eigenvalue weighted by Crippen LogP contribution is 2.23. The van der Waals surface area contributed by atoms with Crippen LogP contribution in [0.15, 0.2) is 42.5 Å². The van der Waals surface area contributed by atoms with Crippen molar-refractivity contribution in [3.8, 4) is 5.75 Å². The summed E-state index contributed by atoms with van der Waals surface area (Å²) in [7, 11) is 0. The fraction of sp³-hybridized carbons (Fsp3) is 0.200. The van der Waals surface area contributed by atoms with Gasteiger partial charge in [-0.25, -0.2) is 4.39 Å². The predicted octanol–water partition coefficient (Wildman–Crippen LogP) is 4.49. The lowest BCUT2D eigenvalue weighted by molar-refractivity contribution is 0.304. The predicted molar refractivity (Wildman–Crippen MR) is 76.3 cm³/mol. The molecule has 0 saturated heterocycles. The third kappa shape index (κ3) is 3.86. The lowest BCUT2D eigenvalue weighted by Gasteiger charge is -2.10. The van der Waals surface area contributed by atoms with Crippen molar-refractivity contribution in [1.82, 2.24) is 0 Å². The molecule has 0 atom stereocenters. The first kappa shape index (κ1) is 13.7. The van der Waals surface area contributed by atoms with Gasteiger partial charge in [-0.2, -0.15) is 0 Å². The molecule has 0 aliphatic rings. The number of ether oxygens (including phenoxy) is 1. The smallest absolute Gasteiger partial charge is 0.126 e. The summed E-state index contributed by atoms with van der Waals surface area (Å²) < 4.78 is 18.5. The van der Waals surface area contributed by atoms with E-state index in [1.165, 1.54) is 12.1 Å². The topological polar surface area (TPSA) is 21.3 Å². The van der Waals surface area contributed by atoms with Crippen molar-refractivity contribution in [1.29, 1.82) is 0 Å². The van der Waals surface area contributed by atoms with Crippen LogP contribution in [0.3, 0.4) is 0 Å². The highest BCUT2D eigenvalue weighted by atomic mass is 35.5. The third-order valence-corrected chi connectivity index (χ3v) is 2.98. The average Bonchev–Trinajstić information content (AvgIpc) is 2.38. The lowest BCUT2D eigenvalue weighted by atomic mass is 10.2. The number of anilines is 1. The normalized spacial score (nSPS) is 10.3. The van der Waals surface area contributed by atoms with Crippen molar-refractivity contribution < 1.29 is 9.13 Å².